The molecule has 1 heterocycles. The van der Waals surface area contributed by atoms with E-state index in [1.807, 2.05) is 0 Å². The molecule has 0 fully saturated rings. The summed E-state index contributed by atoms with van der Waals surface area (Å²) in [7, 11) is -2.10. The fraction of sp³-hybridized carbons (Fsp3) is 0.333. The minimum absolute atomic E-state index is 0.0269. The molecular formula is C12H16FN5O2S. The molecule has 2 rings (SSSR count). The monoisotopic (exact) mass is 313 g/mol. The summed E-state index contributed by atoms with van der Waals surface area (Å²) in [5.41, 5.74) is 5.39. The predicted octanol–water partition coefficient (Wildman–Crippen LogP) is -0.0661. The van der Waals surface area contributed by atoms with Gasteiger partial charge in [0.2, 0.25) is 10.0 Å². The molecule has 0 amide bonds. The molecule has 0 saturated carbocycles. The molecule has 1 aromatic heterocycles. The van der Waals surface area contributed by atoms with Crippen LogP contribution in [0.5, 0.6) is 0 Å². The van der Waals surface area contributed by atoms with E-state index in [0.29, 0.717) is 12.2 Å². The quantitative estimate of drug-likeness (QED) is 0.777. The second-order valence-electron chi connectivity index (χ2n) is 4.40. The van der Waals surface area contributed by atoms with Crippen LogP contribution in [0.3, 0.4) is 0 Å². The van der Waals surface area contributed by atoms with Gasteiger partial charge < -0.3 is 5.73 Å². The van der Waals surface area contributed by atoms with Crippen molar-refractivity contribution >= 4 is 10.0 Å². The number of rotatable bonds is 6. The van der Waals surface area contributed by atoms with Gasteiger partial charge in [0.1, 0.15) is 12.1 Å². The minimum Gasteiger partial charge on any atom is -0.326 e. The van der Waals surface area contributed by atoms with E-state index in [-0.39, 0.29) is 23.5 Å². The van der Waals surface area contributed by atoms with E-state index in [4.69, 9.17) is 5.73 Å². The van der Waals surface area contributed by atoms with Gasteiger partial charge in [-0.05, 0) is 12.1 Å². The second-order valence-corrected chi connectivity index (χ2v) is 6.14. The van der Waals surface area contributed by atoms with Crippen LogP contribution < -0.4 is 10.5 Å². The normalized spacial score (nSPS) is 11.8. The predicted molar refractivity (Wildman–Crippen MR) is 74.2 cm³/mol. The largest absolute Gasteiger partial charge is 0.326 e. The Labute approximate surface area is 122 Å². The van der Waals surface area contributed by atoms with Crippen molar-refractivity contribution in [2.75, 3.05) is 6.54 Å². The van der Waals surface area contributed by atoms with Crippen molar-refractivity contribution in [2.24, 2.45) is 12.8 Å². The third-order valence-electron chi connectivity index (χ3n) is 2.86. The van der Waals surface area contributed by atoms with Gasteiger partial charge in [-0.2, -0.15) is 5.10 Å². The Balaban J connectivity index is 2.10. The van der Waals surface area contributed by atoms with E-state index in [2.05, 4.69) is 14.8 Å². The molecule has 21 heavy (non-hydrogen) atoms. The van der Waals surface area contributed by atoms with Gasteiger partial charge in [-0.3, -0.25) is 4.68 Å². The Morgan fingerprint density at radius 1 is 1.43 bits per heavy atom. The zero-order valence-electron chi connectivity index (χ0n) is 11.5. The smallest absolute Gasteiger partial charge is 0.241 e. The number of nitrogens with two attached hydrogens (primary N) is 1. The van der Waals surface area contributed by atoms with E-state index < -0.39 is 15.8 Å². The van der Waals surface area contributed by atoms with Crippen LogP contribution >= 0.6 is 0 Å². The number of halogens is 1. The van der Waals surface area contributed by atoms with Gasteiger partial charge in [0.05, 0.1) is 4.90 Å². The van der Waals surface area contributed by atoms with Crippen LogP contribution in [0.2, 0.25) is 0 Å². The van der Waals surface area contributed by atoms with E-state index >= 15 is 0 Å². The van der Waals surface area contributed by atoms with Crippen LogP contribution in [0.25, 0.3) is 0 Å². The Morgan fingerprint density at radius 2 is 2.19 bits per heavy atom. The first-order valence-electron chi connectivity index (χ1n) is 6.25. The SMILES string of the molecule is Cn1cnc(CCNS(=O)(=O)c2cccc(F)c2CN)n1. The number of hydrogen-bond acceptors (Lipinski definition) is 5. The summed E-state index contributed by atoms with van der Waals surface area (Å²) in [6, 6.07) is 3.84. The fourth-order valence-electron chi connectivity index (χ4n) is 1.86. The van der Waals surface area contributed by atoms with Gasteiger partial charge >= 0.3 is 0 Å². The number of nitrogens with zero attached hydrogens (tertiary/aromatic N) is 3. The molecule has 9 heteroatoms. The summed E-state index contributed by atoms with van der Waals surface area (Å²) in [4.78, 5) is 3.85. The topological polar surface area (TPSA) is 103 Å². The molecule has 0 saturated heterocycles. The first-order chi connectivity index (χ1) is 9.94. The zero-order chi connectivity index (χ0) is 15.5. The highest BCUT2D eigenvalue weighted by atomic mass is 32.2. The molecule has 2 aromatic rings. The lowest BCUT2D eigenvalue weighted by molar-refractivity contribution is 0.570. The van der Waals surface area contributed by atoms with E-state index in [1.54, 1.807) is 7.05 Å². The number of aryl methyl sites for hydroxylation is 1. The van der Waals surface area contributed by atoms with Crippen molar-refractivity contribution in [1.82, 2.24) is 19.5 Å². The highest BCUT2D eigenvalue weighted by molar-refractivity contribution is 7.89. The van der Waals surface area contributed by atoms with Gasteiger partial charge in [0.15, 0.2) is 5.82 Å². The molecule has 0 radical (unpaired) electrons. The molecule has 0 aliphatic rings. The Bertz CT molecular complexity index is 729. The zero-order valence-corrected chi connectivity index (χ0v) is 12.3. The average Bonchev–Trinajstić information content (AvgIpc) is 2.84. The van der Waals surface area contributed by atoms with Crippen LogP contribution in [0, 0.1) is 5.82 Å². The maximum atomic E-state index is 13.6. The van der Waals surface area contributed by atoms with E-state index in [1.165, 1.54) is 29.2 Å². The fourth-order valence-corrected chi connectivity index (χ4v) is 3.15. The molecule has 0 bridgehead atoms. The van der Waals surface area contributed by atoms with Crippen LogP contribution in [0.4, 0.5) is 4.39 Å². The first kappa shape index (κ1) is 15.5. The number of sulfonamides is 1. The van der Waals surface area contributed by atoms with Crippen LogP contribution in [-0.4, -0.2) is 29.7 Å². The van der Waals surface area contributed by atoms with Crippen LogP contribution in [0.15, 0.2) is 29.4 Å². The molecule has 7 nitrogen and oxygen atoms in total. The molecule has 0 spiro atoms. The van der Waals surface area contributed by atoms with Crippen LogP contribution in [0.1, 0.15) is 11.4 Å². The van der Waals surface area contributed by atoms with Gasteiger partial charge in [-0.1, -0.05) is 6.07 Å². The van der Waals surface area contributed by atoms with Crippen molar-refractivity contribution in [3.63, 3.8) is 0 Å². The molecule has 0 unspecified atom stereocenters. The summed E-state index contributed by atoms with van der Waals surface area (Å²) in [6.45, 7) is -0.0718. The van der Waals surface area contributed by atoms with Gasteiger partial charge in [-0.15, -0.1) is 0 Å². The highest BCUT2D eigenvalue weighted by Gasteiger charge is 2.19. The van der Waals surface area contributed by atoms with Crippen molar-refractivity contribution in [2.45, 2.75) is 17.9 Å². The van der Waals surface area contributed by atoms with E-state index in [9.17, 15) is 12.8 Å². The maximum Gasteiger partial charge on any atom is 0.241 e. The average molecular weight is 313 g/mol. The summed E-state index contributed by atoms with van der Waals surface area (Å²) < 4.78 is 41.9. The standard InChI is InChI=1S/C12H16FN5O2S/c1-18-8-15-12(17-18)5-6-16-21(19,20)11-4-2-3-10(13)9(11)7-14/h2-4,8,16H,5-7,14H2,1H3. The number of aromatic nitrogens is 3. The lowest BCUT2D eigenvalue weighted by Gasteiger charge is -2.10. The summed E-state index contributed by atoms with van der Waals surface area (Å²) >= 11 is 0. The Morgan fingerprint density at radius 3 is 2.81 bits per heavy atom. The maximum absolute atomic E-state index is 13.6. The number of benzene rings is 1. The summed E-state index contributed by atoms with van der Waals surface area (Å²) in [5.74, 6) is -0.106. The Hall–Kier alpha value is -1.84. The summed E-state index contributed by atoms with van der Waals surface area (Å²) in [6.07, 6.45) is 1.87. The molecule has 3 N–H and O–H groups in total. The van der Waals surface area contributed by atoms with Crippen molar-refractivity contribution in [3.8, 4) is 0 Å². The lowest BCUT2D eigenvalue weighted by atomic mass is 10.2. The van der Waals surface area contributed by atoms with Crippen molar-refractivity contribution in [1.29, 1.82) is 0 Å². The second kappa shape index (κ2) is 6.29. The molecule has 114 valence electrons. The highest BCUT2D eigenvalue weighted by Crippen LogP contribution is 2.18. The third-order valence-corrected chi connectivity index (χ3v) is 4.40. The first-order valence-corrected chi connectivity index (χ1v) is 7.74. The number of nitrogens with one attached hydrogen (secondary N) is 1. The number of hydrogen-bond donors (Lipinski definition) is 2. The third kappa shape index (κ3) is 3.63. The molecule has 0 aliphatic heterocycles. The minimum atomic E-state index is -3.82. The molecule has 1 aromatic carbocycles. The molecular weight excluding hydrogens is 297 g/mol. The molecule has 0 atom stereocenters. The van der Waals surface area contributed by atoms with Crippen molar-refractivity contribution < 1.29 is 12.8 Å². The van der Waals surface area contributed by atoms with Gasteiger partial charge in [0, 0.05) is 32.1 Å². The lowest BCUT2D eigenvalue weighted by Crippen LogP contribution is -2.28. The van der Waals surface area contributed by atoms with E-state index in [0.717, 1.165) is 0 Å². The van der Waals surface area contributed by atoms with Gasteiger partial charge in [0.25, 0.3) is 0 Å². The van der Waals surface area contributed by atoms with Gasteiger partial charge in [-0.25, -0.2) is 22.5 Å². The van der Waals surface area contributed by atoms with Crippen LogP contribution in [-0.2, 0) is 30.0 Å². The van der Waals surface area contributed by atoms with Crippen molar-refractivity contribution in [3.05, 3.63) is 41.7 Å². The Kier molecular flexibility index (Phi) is 4.66. The summed E-state index contributed by atoms with van der Waals surface area (Å²) in [5, 5.41) is 4.04. The molecule has 0 aliphatic carbocycles.